The molecule has 0 unspecified atom stereocenters. The van der Waals surface area contributed by atoms with Crippen molar-refractivity contribution in [2.75, 3.05) is 13.9 Å². The summed E-state index contributed by atoms with van der Waals surface area (Å²) in [5.41, 5.74) is 3.21. The van der Waals surface area contributed by atoms with Gasteiger partial charge in [0.15, 0.2) is 11.5 Å². The molecule has 3 rings (SSSR count). The van der Waals surface area contributed by atoms with Gasteiger partial charge in [-0.05, 0) is 31.5 Å². The van der Waals surface area contributed by atoms with Crippen LogP contribution in [0.3, 0.4) is 0 Å². The van der Waals surface area contributed by atoms with Gasteiger partial charge in [0.05, 0.1) is 18.4 Å². The van der Waals surface area contributed by atoms with Gasteiger partial charge in [-0.25, -0.2) is 4.68 Å². The van der Waals surface area contributed by atoms with Gasteiger partial charge in [0.2, 0.25) is 12.7 Å². The van der Waals surface area contributed by atoms with Crippen molar-refractivity contribution in [3.63, 3.8) is 0 Å². The van der Waals surface area contributed by atoms with Gasteiger partial charge in [-0.2, -0.15) is 5.10 Å². The van der Waals surface area contributed by atoms with Gasteiger partial charge in [-0.1, -0.05) is 6.07 Å². The van der Waals surface area contributed by atoms with Crippen LogP contribution in [0.25, 0.3) is 0 Å². The highest BCUT2D eigenvalue weighted by atomic mass is 16.7. The number of nitrogens with zero attached hydrogens (tertiary/aromatic N) is 2. The first kappa shape index (κ1) is 14.7. The van der Waals surface area contributed by atoms with E-state index in [0.29, 0.717) is 13.3 Å². The van der Waals surface area contributed by atoms with Crippen LogP contribution in [0.4, 0.5) is 0 Å². The average molecular weight is 303 g/mol. The lowest BCUT2D eigenvalue weighted by atomic mass is 10.1. The predicted molar refractivity (Wildman–Crippen MR) is 82.3 cm³/mol. The van der Waals surface area contributed by atoms with Crippen molar-refractivity contribution in [3.8, 4) is 17.4 Å². The summed E-state index contributed by atoms with van der Waals surface area (Å²) in [6, 6.07) is 6.20. The molecule has 0 aliphatic carbocycles. The standard InChI is InChI=1S/C16H21N3O3/c1-10(12-5-6-14-15(7-12)22-9-21-14)17-8-13-11(2)18-19(3)16(13)20-4/h5-7,10,17H,8-9H2,1-4H3/t10-/m0/s1. The van der Waals surface area contributed by atoms with Crippen LogP contribution in [0.15, 0.2) is 18.2 Å². The summed E-state index contributed by atoms with van der Waals surface area (Å²) in [7, 11) is 3.55. The number of aryl methyl sites for hydroxylation is 2. The number of hydrogen-bond acceptors (Lipinski definition) is 5. The maximum Gasteiger partial charge on any atom is 0.231 e. The van der Waals surface area contributed by atoms with Gasteiger partial charge < -0.3 is 19.5 Å². The first-order valence-corrected chi connectivity index (χ1v) is 7.29. The Morgan fingerprint density at radius 2 is 2.14 bits per heavy atom. The summed E-state index contributed by atoms with van der Waals surface area (Å²) in [6.07, 6.45) is 0. The van der Waals surface area contributed by atoms with Crippen molar-refractivity contribution in [1.29, 1.82) is 0 Å². The molecular formula is C16H21N3O3. The number of rotatable bonds is 5. The van der Waals surface area contributed by atoms with Crippen LogP contribution in [-0.4, -0.2) is 23.7 Å². The van der Waals surface area contributed by atoms with Crippen LogP contribution in [0.5, 0.6) is 17.4 Å². The van der Waals surface area contributed by atoms with Gasteiger partial charge in [-0.15, -0.1) is 0 Å². The number of aromatic nitrogens is 2. The Morgan fingerprint density at radius 1 is 1.36 bits per heavy atom. The molecule has 22 heavy (non-hydrogen) atoms. The second-order valence-corrected chi connectivity index (χ2v) is 5.41. The maximum absolute atomic E-state index is 5.43. The molecule has 1 aromatic carbocycles. The first-order chi connectivity index (χ1) is 10.6. The number of hydrogen-bond donors (Lipinski definition) is 1. The van der Waals surface area contributed by atoms with E-state index in [1.54, 1.807) is 11.8 Å². The zero-order chi connectivity index (χ0) is 15.7. The van der Waals surface area contributed by atoms with E-state index in [1.807, 2.05) is 26.1 Å². The molecule has 1 aliphatic heterocycles. The minimum absolute atomic E-state index is 0.179. The Hall–Kier alpha value is -2.21. The van der Waals surface area contributed by atoms with Crippen molar-refractivity contribution >= 4 is 0 Å². The smallest absolute Gasteiger partial charge is 0.231 e. The van der Waals surface area contributed by atoms with Crippen LogP contribution >= 0.6 is 0 Å². The summed E-state index contributed by atoms with van der Waals surface area (Å²) in [5.74, 6) is 2.41. The minimum atomic E-state index is 0.179. The SMILES string of the molecule is COc1c(CN[C@@H](C)c2ccc3c(c2)OCO3)c(C)nn1C. The van der Waals surface area contributed by atoms with E-state index in [1.165, 1.54) is 0 Å². The van der Waals surface area contributed by atoms with Gasteiger partial charge in [0.25, 0.3) is 0 Å². The van der Waals surface area contributed by atoms with Crippen LogP contribution in [0.1, 0.15) is 29.8 Å². The third-order valence-corrected chi connectivity index (χ3v) is 3.96. The molecule has 0 saturated carbocycles. The van der Waals surface area contributed by atoms with Gasteiger partial charge in [0.1, 0.15) is 0 Å². The molecule has 1 aliphatic rings. The van der Waals surface area contributed by atoms with Gasteiger partial charge in [-0.3, -0.25) is 0 Å². The lowest BCUT2D eigenvalue weighted by Gasteiger charge is -2.15. The van der Waals surface area contributed by atoms with Crippen molar-refractivity contribution < 1.29 is 14.2 Å². The monoisotopic (exact) mass is 303 g/mol. The zero-order valence-electron chi connectivity index (χ0n) is 13.3. The molecule has 6 nitrogen and oxygen atoms in total. The lowest BCUT2D eigenvalue weighted by molar-refractivity contribution is 0.174. The summed E-state index contributed by atoms with van der Waals surface area (Å²) in [5, 5.41) is 7.90. The fourth-order valence-corrected chi connectivity index (χ4v) is 2.70. The van der Waals surface area contributed by atoms with E-state index >= 15 is 0 Å². The highest BCUT2D eigenvalue weighted by Gasteiger charge is 2.17. The molecular weight excluding hydrogens is 282 g/mol. The molecule has 0 radical (unpaired) electrons. The summed E-state index contributed by atoms with van der Waals surface area (Å²) in [6.45, 7) is 5.10. The fraction of sp³-hybridized carbons (Fsp3) is 0.438. The Labute approximate surface area is 130 Å². The molecule has 0 bridgehead atoms. The average Bonchev–Trinajstić information content (AvgIpc) is 3.07. The molecule has 1 atom stereocenters. The highest BCUT2D eigenvalue weighted by molar-refractivity contribution is 5.45. The summed E-state index contributed by atoms with van der Waals surface area (Å²) >= 11 is 0. The molecule has 0 saturated heterocycles. The number of fused-ring (bicyclic) bond motifs is 1. The second-order valence-electron chi connectivity index (χ2n) is 5.41. The third-order valence-electron chi connectivity index (χ3n) is 3.96. The van der Waals surface area contributed by atoms with Crippen LogP contribution in [0.2, 0.25) is 0 Å². The van der Waals surface area contributed by atoms with Crippen molar-refractivity contribution in [2.24, 2.45) is 7.05 Å². The van der Waals surface area contributed by atoms with E-state index in [9.17, 15) is 0 Å². The van der Waals surface area contributed by atoms with Crippen molar-refractivity contribution in [1.82, 2.24) is 15.1 Å². The van der Waals surface area contributed by atoms with Gasteiger partial charge >= 0.3 is 0 Å². The third kappa shape index (κ3) is 2.62. The van der Waals surface area contributed by atoms with Gasteiger partial charge in [0, 0.05) is 19.6 Å². The number of nitrogens with one attached hydrogen (secondary N) is 1. The van der Waals surface area contributed by atoms with Crippen LogP contribution in [-0.2, 0) is 13.6 Å². The number of methoxy groups -OCH3 is 1. The largest absolute Gasteiger partial charge is 0.481 e. The summed E-state index contributed by atoms with van der Waals surface area (Å²) in [4.78, 5) is 0. The van der Waals surface area contributed by atoms with Crippen LogP contribution in [0, 0.1) is 6.92 Å². The molecule has 118 valence electrons. The van der Waals surface area contributed by atoms with E-state index < -0.39 is 0 Å². The van der Waals surface area contributed by atoms with Crippen LogP contribution < -0.4 is 19.5 Å². The Balaban J connectivity index is 1.71. The fourth-order valence-electron chi connectivity index (χ4n) is 2.70. The second kappa shape index (κ2) is 5.88. The number of benzene rings is 1. The molecule has 0 fully saturated rings. The molecule has 0 spiro atoms. The van der Waals surface area contributed by atoms with E-state index in [4.69, 9.17) is 14.2 Å². The molecule has 2 heterocycles. The maximum atomic E-state index is 5.43. The number of ether oxygens (including phenoxy) is 3. The van der Waals surface area contributed by atoms with E-state index in [2.05, 4.69) is 23.4 Å². The van der Waals surface area contributed by atoms with Crippen molar-refractivity contribution in [2.45, 2.75) is 26.4 Å². The Bertz CT molecular complexity index is 682. The molecule has 1 N–H and O–H groups in total. The predicted octanol–water partition coefficient (Wildman–Crippen LogP) is 2.32. The first-order valence-electron chi connectivity index (χ1n) is 7.29. The molecule has 0 amide bonds. The quantitative estimate of drug-likeness (QED) is 0.918. The minimum Gasteiger partial charge on any atom is -0.481 e. The zero-order valence-corrected chi connectivity index (χ0v) is 13.3. The molecule has 1 aromatic heterocycles. The van der Waals surface area contributed by atoms with E-state index in [-0.39, 0.29) is 6.04 Å². The van der Waals surface area contributed by atoms with E-state index in [0.717, 1.165) is 34.2 Å². The lowest BCUT2D eigenvalue weighted by Crippen LogP contribution is -2.18. The highest BCUT2D eigenvalue weighted by Crippen LogP contribution is 2.34. The molecule has 2 aromatic rings. The Kier molecular flexibility index (Phi) is 3.94. The molecule has 6 heteroatoms. The Morgan fingerprint density at radius 3 is 2.91 bits per heavy atom. The topological polar surface area (TPSA) is 57.5 Å². The van der Waals surface area contributed by atoms with Crippen molar-refractivity contribution in [3.05, 3.63) is 35.0 Å². The normalized spacial score (nSPS) is 14.2. The summed E-state index contributed by atoms with van der Waals surface area (Å²) < 4.78 is 17.9.